The fourth-order valence-corrected chi connectivity index (χ4v) is 2.49. The van der Waals surface area contributed by atoms with Crippen LogP contribution in [-0.2, 0) is 4.74 Å². The molecule has 0 atom stereocenters. The van der Waals surface area contributed by atoms with Crippen molar-refractivity contribution in [3.63, 3.8) is 0 Å². The number of ether oxygens (including phenoxy) is 2. The van der Waals surface area contributed by atoms with Gasteiger partial charge in [-0.2, -0.15) is 8.78 Å². The molecule has 0 unspecified atom stereocenters. The van der Waals surface area contributed by atoms with Gasteiger partial charge in [0, 0.05) is 4.88 Å². The van der Waals surface area contributed by atoms with Crippen LogP contribution in [0.4, 0.5) is 8.78 Å². The second-order valence-electron chi connectivity index (χ2n) is 4.28. The van der Waals surface area contributed by atoms with E-state index in [-0.39, 0.29) is 17.1 Å². The summed E-state index contributed by atoms with van der Waals surface area (Å²) in [6, 6.07) is 8.88. The molecule has 0 saturated carbocycles. The van der Waals surface area contributed by atoms with Gasteiger partial charge in [0.15, 0.2) is 6.61 Å². The fourth-order valence-electron chi connectivity index (χ4n) is 1.70. The Balaban J connectivity index is 2.02. The first-order valence-electron chi connectivity index (χ1n) is 6.28. The monoisotopic (exact) mass is 326 g/mol. The van der Waals surface area contributed by atoms with Crippen LogP contribution >= 0.6 is 11.3 Å². The molecular weight excluding hydrogens is 314 g/mol. The number of thiophene rings is 1. The molecule has 2 rings (SSSR count). The average molecular weight is 326 g/mol. The van der Waals surface area contributed by atoms with Crippen LogP contribution in [0, 0.1) is 6.92 Å². The molecule has 0 amide bonds. The molecule has 0 aliphatic heterocycles. The van der Waals surface area contributed by atoms with Crippen molar-refractivity contribution in [1.82, 2.24) is 0 Å². The van der Waals surface area contributed by atoms with E-state index in [1.54, 1.807) is 12.1 Å². The highest BCUT2D eigenvalue weighted by Gasteiger charge is 2.18. The molecule has 0 fully saturated rings. The number of carbonyl (C=O) groups excluding carboxylic acids is 2. The zero-order chi connectivity index (χ0) is 16.1. The van der Waals surface area contributed by atoms with Crippen LogP contribution in [0.5, 0.6) is 5.75 Å². The average Bonchev–Trinajstić information content (AvgIpc) is 2.91. The predicted molar refractivity (Wildman–Crippen MR) is 76.7 cm³/mol. The number of benzene rings is 1. The summed E-state index contributed by atoms with van der Waals surface area (Å²) >= 11 is 1.29. The van der Waals surface area contributed by atoms with Crippen LogP contribution in [0.15, 0.2) is 36.4 Å². The van der Waals surface area contributed by atoms with Crippen molar-refractivity contribution in [3.8, 4) is 5.75 Å². The second-order valence-corrected chi connectivity index (χ2v) is 5.57. The first-order valence-corrected chi connectivity index (χ1v) is 7.09. The molecule has 0 bridgehead atoms. The van der Waals surface area contributed by atoms with Crippen molar-refractivity contribution in [2.45, 2.75) is 13.5 Å². The van der Waals surface area contributed by atoms with Crippen molar-refractivity contribution in [3.05, 3.63) is 51.7 Å². The molecule has 0 N–H and O–H groups in total. The first-order chi connectivity index (χ1) is 10.5. The number of halogens is 2. The minimum atomic E-state index is -3.05. The minimum Gasteiger partial charge on any atom is -0.454 e. The lowest BCUT2D eigenvalue weighted by atomic mass is 10.2. The van der Waals surface area contributed by atoms with E-state index < -0.39 is 19.2 Å². The zero-order valence-electron chi connectivity index (χ0n) is 11.5. The molecule has 22 heavy (non-hydrogen) atoms. The summed E-state index contributed by atoms with van der Waals surface area (Å²) in [7, 11) is 0. The van der Waals surface area contributed by atoms with Crippen molar-refractivity contribution < 1.29 is 27.8 Å². The summed E-state index contributed by atoms with van der Waals surface area (Å²) in [5, 5.41) is 0. The second kappa shape index (κ2) is 7.13. The fraction of sp³-hybridized carbons (Fsp3) is 0.200. The van der Waals surface area contributed by atoms with E-state index in [2.05, 4.69) is 4.74 Å². The molecule has 116 valence electrons. The highest BCUT2D eigenvalue weighted by molar-refractivity contribution is 7.14. The lowest BCUT2D eigenvalue weighted by Gasteiger charge is -2.09. The van der Waals surface area contributed by atoms with E-state index in [1.165, 1.54) is 35.6 Å². The van der Waals surface area contributed by atoms with Gasteiger partial charge in [-0.3, -0.25) is 4.79 Å². The molecule has 0 aliphatic rings. The van der Waals surface area contributed by atoms with Gasteiger partial charge in [-0.15, -0.1) is 11.3 Å². The molecule has 0 aliphatic carbocycles. The Hall–Kier alpha value is -2.28. The van der Waals surface area contributed by atoms with Gasteiger partial charge >= 0.3 is 12.6 Å². The van der Waals surface area contributed by atoms with Crippen LogP contribution in [0.1, 0.15) is 24.9 Å². The van der Waals surface area contributed by atoms with E-state index in [4.69, 9.17) is 4.74 Å². The van der Waals surface area contributed by atoms with Gasteiger partial charge in [-0.05, 0) is 31.2 Å². The van der Waals surface area contributed by atoms with Gasteiger partial charge in [0.05, 0.1) is 4.88 Å². The zero-order valence-corrected chi connectivity index (χ0v) is 12.4. The standard InChI is InChI=1S/C15H12F2O4S/c1-9-6-7-13(22-9)11(18)8-20-14(19)10-4-2-3-5-12(10)21-15(16)17/h2-7,15H,8H2,1H3. The number of carbonyl (C=O) groups is 2. The summed E-state index contributed by atoms with van der Waals surface area (Å²) in [6.07, 6.45) is 0. The first kappa shape index (κ1) is 16.1. The normalized spacial score (nSPS) is 10.5. The van der Waals surface area contributed by atoms with E-state index in [1.807, 2.05) is 6.92 Å². The Morgan fingerprint density at radius 1 is 1.18 bits per heavy atom. The number of hydrogen-bond donors (Lipinski definition) is 0. The van der Waals surface area contributed by atoms with E-state index in [0.717, 1.165) is 4.88 Å². The highest BCUT2D eigenvalue weighted by atomic mass is 32.1. The summed E-state index contributed by atoms with van der Waals surface area (Å²) in [4.78, 5) is 25.2. The largest absolute Gasteiger partial charge is 0.454 e. The number of rotatable bonds is 6. The third-order valence-corrected chi connectivity index (χ3v) is 3.71. The quantitative estimate of drug-likeness (QED) is 0.600. The van der Waals surface area contributed by atoms with Gasteiger partial charge in [-0.25, -0.2) is 4.79 Å². The van der Waals surface area contributed by atoms with Crippen molar-refractivity contribution >= 4 is 23.1 Å². The number of esters is 1. The highest BCUT2D eigenvalue weighted by Crippen LogP contribution is 2.21. The van der Waals surface area contributed by atoms with Gasteiger partial charge in [0.25, 0.3) is 0 Å². The molecule has 0 spiro atoms. The summed E-state index contributed by atoms with van der Waals surface area (Å²) in [6.45, 7) is -1.66. The Morgan fingerprint density at radius 3 is 2.55 bits per heavy atom. The van der Waals surface area contributed by atoms with Crippen LogP contribution in [0.2, 0.25) is 0 Å². The lowest BCUT2D eigenvalue weighted by Crippen LogP contribution is -2.15. The number of hydrogen-bond acceptors (Lipinski definition) is 5. The predicted octanol–water partition coefficient (Wildman–Crippen LogP) is 3.70. The van der Waals surface area contributed by atoms with Gasteiger partial charge in [0.1, 0.15) is 11.3 Å². The molecule has 2 aromatic rings. The van der Waals surface area contributed by atoms with Crippen molar-refractivity contribution in [1.29, 1.82) is 0 Å². The van der Waals surface area contributed by atoms with Crippen LogP contribution < -0.4 is 4.74 Å². The molecule has 1 aromatic heterocycles. The van der Waals surface area contributed by atoms with Gasteiger partial charge < -0.3 is 9.47 Å². The smallest absolute Gasteiger partial charge is 0.387 e. The Morgan fingerprint density at radius 2 is 1.91 bits per heavy atom. The Labute approximate surface area is 129 Å². The topological polar surface area (TPSA) is 52.6 Å². The van der Waals surface area contributed by atoms with Gasteiger partial charge in [0.2, 0.25) is 5.78 Å². The van der Waals surface area contributed by atoms with E-state index >= 15 is 0 Å². The number of ketones is 1. The molecule has 0 saturated heterocycles. The lowest BCUT2D eigenvalue weighted by molar-refractivity contribution is -0.0504. The molecule has 0 radical (unpaired) electrons. The number of Topliss-reactive ketones (excluding diaryl/α,β-unsaturated/α-hetero) is 1. The van der Waals surface area contributed by atoms with Gasteiger partial charge in [-0.1, -0.05) is 12.1 Å². The molecule has 7 heteroatoms. The minimum absolute atomic E-state index is 0.155. The van der Waals surface area contributed by atoms with Crippen molar-refractivity contribution in [2.24, 2.45) is 0 Å². The van der Waals surface area contributed by atoms with E-state index in [0.29, 0.717) is 4.88 Å². The van der Waals surface area contributed by atoms with E-state index in [9.17, 15) is 18.4 Å². The van der Waals surface area contributed by atoms with Crippen LogP contribution in [0.25, 0.3) is 0 Å². The number of alkyl halides is 2. The third-order valence-electron chi connectivity index (χ3n) is 2.67. The SMILES string of the molecule is Cc1ccc(C(=O)COC(=O)c2ccccc2OC(F)F)s1. The molecule has 1 aromatic carbocycles. The number of para-hydroxylation sites is 1. The molecular formula is C15H12F2O4S. The maximum Gasteiger partial charge on any atom is 0.387 e. The van der Waals surface area contributed by atoms with Crippen LogP contribution in [0.3, 0.4) is 0 Å². The third kappa shape index (κ3) is 4.11. The number of aryl methyl sites for hydroxylation is 1. The Kier molecular flexibility index (Phi) is 5.21. The summed E-state index contributed by atoms with van der Waals surface area (Å²) in [5.41, 5.74) is -0.155. The maximum atomic E-state index is 12.3. The molecule has 4 nitrogen and oxygen atoms in total. The molecule has 1 heterocycles. The summed E-state index contributed by atoms with van der Waals surface area (Å²) < 4.78 is 33.7. The van der Waals surface area contributed by atoms with Crippen LogP contribution in [-0.4, -0.2) is 25.0 Å². The Bertz CT molecular complexity index is 682. The summed E-state index contributed by atoms with van der Waals surface area (Å²) in [5.74, 6) is -1.53. The maximum absolute atomic E-state index is 12.3. The van der Waals surface area contributed by atoms with Crippen molar-refractivity contribution in [2.75, 3.05) is 6.61 Å².